The van der Waals surface area contributed by atoms with Gasteiger partial charge < -0.3 is 18.9 Å². The van der Waals surface area contributed by atoms with Crippen molar-refractivity contribution in [3.63, 3.8) is 0 Å². The summed E-state index contributed by atoms with van der Waals surface area (Å²) in [7, 11) is 2.32. The molecule has 0 aromatic carbocycles. The maximum atomic E-state index is 12.9. The van der Waals surface area contributed by atoms with Crippen molar-refractivity contribution in [3.8, 4) is 0 Å². The molecule has 0 saturated carbocycles. The first-order valence-electron chi connectivity index (χ1n) is 9.19. The Morgan fingerprint density at radius 1 is 0.897 bits per heavy atom. The lowest BCUT2D eigenvalue weighted by Crippen LogP contribution is -2.50. The van der Waals surface area contributed by atoms with Crippen LogP contribution in [-0.2, 0) is 38.1 Å². The molecule has 29 heavy (non-hydrogen) atoms. The van der Waals surface area contributed by atoms with Crippen LogP contribution in [0.5, 0.6) is 0 Å². The van der Waals surface area contributed by atoms with Crippen molar-refractivity contribution in [2.75, 3.05) is 14.2 Å². The molecule has 0 saturated heterocycles. The fraction of sp³-hybridized carbons (Fsp3) is 0.571. The molecule has 1 aliphatic rings. The molecule has 1 rings (SSSR count). The first-order valence-corrected chi connectivity index (χ1v) is 9.19. The number of hydrogen-bond acceptors (Lipinski definition) is 8. The Bertz CT molecular complexity index is 722. The Morgan fingerprint density at radius 2 is 1.45 bits per heavy atom. The normalized spacial score (nSPS) is 21.1. The molecule has 0 bridgehead atoms. The van der Waals surface area contributed by atoms with Crippen LogP contribution in [0.2, 0.25) is 0 Å². The average molecular weight is 408 g/mol. The van der Waals surface area contributed by atoms with Crippen LogP contribution in [0.3, 0.4) is 0 Å². The predicted octanol–water partition coefficient (Wildman–Crippen LogP) is 2.27. The van der Waals surface area contributed by atoms with E-state index in [4.69, 9.17) is 18.9 Å². The molecule has 8 nitrogen and oxygen atoms in total. The predicted molar refractivity (Wildman–Crippen MR) is 102 cm³/mol. The summed E-state index contributed by atoms with van der Waals surface area (Å²) < 4.78 is 20.5. The van der Waals surface area contributed by atoms with E-state index in [0.29, 0.717) is 12.0 Å². The van der Waals surface area contributed by atoms with Gasteiger partial charge in [-0.2, -0.15) is 0 Å². The van der Waals surface area contributed by atoms with E-state index in [1.165, 1.54) is 26.0 Å². The lowest BCUT2D eigenvalue weighted by molar-refractivity contribution is -0.175. The second kappa shape index (κ2) is 10.6. The summed E-state index contributed by atoms with van der Waals surface area (Å²) in [6.07, 6.45) is 3.37. The van der Waals surface area contributed by atoms with Crippen molar-refractivity contribution in [3.05, 3.63) is 29.5 Å². The number of rotatable bonds is 6. The number of methoxy groups -OCH3 is 2. The monoisotopic (exact) mass is 408 g/mol. The largest absolute Gasteiger partial charge is 0.468 e. The Hall–Kier alpha value is -2.86. The van der Waals surface area contributed by atoms with Crippen LogP contribution in [0.15, 0.2) is 29.5 Å². The summed E-state index contributed by atoms with van der Waals surface area (Å²) in [5, 5.41) is 0. The van der Waals surface area contributed by atoms with E-state index >= 15 is 0 Å². The van der Waals surface area contributed by atoms with E-state index in [9.17, 15) is 19.2 Å². The minimum atomic E-state index is -1.91. The maximum Gasteiger partial charge on any atom is 0.328 e. The van der Waals surface area contributed by atoms with Gasteiger partial charge in [0.05, 0.1) is 14.2 Å². The summed E-state index contributed by atoms with van der Waals surface area (Å²) in [4.78, 5) is 48.8. The minimum absolute atomic E-state index is 0.202. The van der Waals surface area contributed by atoms with E-state index < -0.39 is 47.4 Å². The third-order valence-electron chi connectivity index (χ3n) is 4.51. The lowest BCUT2D eigenvalue weighted by atomic mass is 9.70. The number of carbonyl (C=O) groups is 4. The van der Waals surface area contributed by atoms with Crippen LogP contribution in [0.4, 0.5) is 0 Å². The summed E-state index contributed by atoms with van der Waals surface area (Å²) in [5.74, 6) is -3.65. The zero-order valence-corrected chi connectivity index (χ0v) is 17.6. The summed E-state index contributed by atoms with van der Waals surface area (Å²) in [6, 6.07) is 0. The zero-order chi connectivity index (χ0) is 22.2. The molecule has 3 atom stereocenters. The van der Waals surface area contributed by atoms with Crippen LogP contribution in [0.25, 0.3) is 0 Å². The van der Waals surface area contributed by atoms with Crippen molar-refractivity contribution < 1.29 is 38.1 Å². The van der Waals surface area contributed by atoms with Gasteiger partial charge in [-0.05, 0) is 50.5 Å². The summed E-state index contributed by atoms with van der Waals surface area (Å²) >= 11 is 0. The second-order valence-electron chi connectivity index (χ2n) is 6.93. The van der Waals surface area contributed by atoms with Gasteiger partial charge in [0.2, 0.25) is 0 Å². The van der Waals surface area contributed by atoms with E-state index in [1.807, 2.05) is 0 Å². The van der Waals surface area contributed by atoms with Gasteiger partial charge >= 0.3 is 23.9 Å². The van der Waals surface area contributed by atoms with E-state index in [0.717, 1.165) is 14.2 Å². The Kier molecular flexibility index (Phi) is 8.85. The molecule has 0 fully saturated rings. The molecule has 0 aliphatic heterocycles. The molecule has 0 aromatic heterocycles. The molecular formula is C21H28O8. The van der Waals surface area contributed by atoms with Crippen LogP contribution in [-0.4, -0.2) is 50.3 Å². The third kappa shape index (κ3) is 6.06. The van der Waals surface area contributed by atoms with Gasteiger partial charge in [-0.3, -0.25) is 19.2 Å². The lowest BCUT2D eigenvalue weighted by Gasteiger charge is -2.35. The molecule has 0 aromatic rings. The molecule has 1 aliphatic carbocycles. The topological polar surface area (TPSA) is 105 Å². The molecule has 160 valence electrons. The summed E-state index contributed by atoms with van der Waals surface area (Å²) in [6.45, 7) is 6.01. The van der Waals surface area contributed by atoms with Gasteiger partial charge in [0, 0.05) is 19.8 Å². The van der Waals surface area contributed by atoms with Crippen LogP contribution < -0.4 is 0 Å². The maximum absolute atomic E-state index is 12.9. The standard InChI is InChI=1S/C21H28O8/c1-13(2)11-12-21(19(24)26-5,20(25)27-6)17-9-7-16(28-14(3)22)8-10-18(17)29-15(4)23/h8,10,12,16-18H,7,9H2,1-6H3/t16-,17?,18+/m1/s1. The van der Waals surface area contributed by atoms with Crippen LogP contribution in [0, 0.1) is 11.3 Å². The Labute approximate surface area is 170 Å². The zero-order valence-electron chi connectivity index (χ0n) is 17.6. The quantitative estimate of drug-likeness (QED) is 0.217. The highest BCUT2D eigenvalue weighted by Crippen LogP contribution is 2.41. The molecule has 8 heteroatoms. The molecule has 0 amide bonds. The molecule has 0 heterocycles. The highest BCUT2D eigenvalue weighted by atomic mass is 16.6. The van der Waals surface area contributed by atoms with E-state index in [2.05, 4.69) is 5.73 Å². The highest BCUT2D eigenvalue weighted by Gasteiger charge is 2.56. The number of carbonyl (C=O) groups excluding carboxylic acids is 4. The van der Waals surface area contributed by atoms with Crippen molar-refractivity contribution >= 4 is 23.9 Å². The number of ether oxygens (including phenoxy) is 4. The fourth-order valence-electron chi connectivity index (χ4n) is 3.29. The van der Waals surface area contributed by atoms with Gasteiger partial charge in [-0.15, -0.1) is 5.73 Å². The van der Waals surface area contributed by atoms with Gasteiger partial charge in [0.25, 0.3) is 0 Å². The molecule has 0 N–H and O–H groups in total. The smallest absolute Gasteiger partial charge is 0.328 e. The van der Waals surface area contributed by atoms with Crippen molar-refractivity contribution in [2.24, 2.45) is 11.3 Å². The Morgan fingerprint density at radius 3 is 1.90 bits per heavy atom. The molecule has 0 radical (unpaired) electrons. The van der Waals surface area contributed by atoms with Crippen LogP contribution in [0.1, 0.15) is 40.5 Å². The van der Waals surface area contributed by atoms with Gasteiger partial charge in [-0.25, -0.2) is 0 Å². The first kappa shape index (κ1) is 24.2. The highest BCUT2D eigenvalue weighted by molar-refractivity contribution is 6.02. The Balaban J connectivity index is 3.63. The van der Waals surface area contributed by atoms with Crippen LogP contribution >= 0.6 is 0 Å². The minimum Gasteiger partial charge on any atom is -0.468 e. The van der Waals surface area contributed by atoms with Crippen molar-refractivity contribution in [2.45, 2.75) is 52.7 Å². The molecular weight excluding hydrogens is 380 g/mol. The fourth-order valence-corrected chi connectivity index (χ4v) is 3.29. The van der Waals surface area contributed by atoms with Gasteiger partial charge in [0.15, 0.2) is 5.41 Å². The van der Waals surface area contributed by atoms with Crippen molar-refractivity contribution in [1.29, 1.82) is 0 Å². The molecule has 0 spiro atoms. The van der Waals surface area contributed by atoms with Crippen molar-refractivity contribution in [1.82, 2.24) is 0 Å². The average Bonchev–Trinajstić information content (AvgIpc) is 2.83. The number of hydrogen-bond donors (Lipinski definition) is 0. The van der Waals surface area contributed by atoms with E-state index in [-0.39, 0.29) is 6.42 Å². The third-order valence-corrected chi connectivity index (χ3v) is 4.51. The van der Waals surface area contributed by atoms with E-state index in [1.54, 1.807) is 19.9 Å². The molecule has 1 unspecified atom stereocenters. The number of esters is 4. The second-order valence-corrected chi connectivity index (χ2v) is 6.93. The SMILES string of the molecule is COC(=O)C(C=C=C(C)C)(C(=O)OC)C1CC[C@@H](OC(C)=O)C=C[C@@H]1OC(C)=O. The first-order chi connectivity index (χ1) is 13.6. The summed E-state index contributed by atoms with van der Waals surface area (Å²) in [5.41, 5.74) is 1.70. The van der Waals surface area contributed by atoms with Gasteiger partial charge in [-0.1, -0.05) is 0 Å². The van der Waals surface area contributed by atoms with Gasteiger partial charge in [0.1, 0.15) is 12.2 Å².